The third kappa shape index (κ3) is 3.82. The second kappa shape index (κ2) is 7.67. The van der Waals surface area contributed by atoms with E-state index in [1.165, 1.54) is 13.2 Å². The van der Waals surface area contributed by atoms with E-state index in [9.17, 15) is 4.79 Å². The second-order valence-corrected chi connectivity index (χ2v) is 5.72. The van der Waals surface area contributed by atoms with Crippen molar-refractivity contribution in [3.05, 3.63) is 22.7 Å². The second-order valence-electron chi connectivity index (χ2n) is 5.31. The number of amides is 1. The highest BCUT2D eigenvalue weighted by Crippen LogP contribution is 2.28. The SMILES string of the molecule is COc1cc(N)c(Cl)cc1C(=O)NCC1CCNCC1OC. The number of benzene rings is 1. The molecule has 122 valence electrons. The summed E-state index contributed by atoms with van der Waals surface area (Å²) < 4.78 is 10.6. The molecule has 22 heavy (non-hydrogen) atoms. The highest BCUT2D eigenvalue weighted by Gasteiger charge is 2.25. The van der Waals surface area contributed by atoms with Crippen molar-refractivity contribution in [3.8, 4) is 5.75 Å². The fourth-order valence-corrected chi connectivity index (χ4v) is 2.79. The Balaban J connectivity index is 2.04. The van der Waals surface area contributed by atoms with E-state index in [2.05, 4.69) is 10.6 Å². The minimum atomic E-state index is -0.230. The number of methoxy groups -OCH3 is 2. The highest BCUT2D eigenvalue weighted by atomic mass is 35.5. The summed E-state index contributed by atoms with van der Waals surface area (Å²) in [6, 6.07) is 3.08. The Morgan fingerprint density at radius 1 is 1.50 bits per heavy atom. The van der Waals surface area contributed by atoms with Gasteiger partial charge in [0.25, 0.3) is 5.91 Å². The molecule has 0 aliphatic carbocycles. The fraction of sp³-hybridized carbons (Fsp3) is 0.533. The van der Waals surface area contributed by atoms with Crippen molar-refractivity contribution >= 4 is 23.2 Å². The number of nitrogens with one attached hydrogen (secondary N) is 2. The van der Waals surface area contributed by atoms with E-state index in [-0.39, 0.29) is 17.9 Å². The maximum Gasteiger partial charge on any atom is 0.255 e. The molecule has 4 N–H and O–H groups in total. The first-order chi connectivity index (χ1) is 10.6. The van der Waals surface area contributed by atoms with E-state index in [1.807, 2.05) is 0 Å². The summed E-state index contributed by atoms with van der Waals surface area (Å²) in [5.41, 5.74) is 6.49. The molecule has 2 unspecified atom stereocenters. The molecule has 0 radical (unpaired) electrons. The smallest absolute Gasteiger partial charge is 0.255 e. The Morgan fingerprint density at radius 3 is 2.95 bits per heavy atom. The summed E-state index contributed by atoms with van der Waals surface area (Å²) in [7, 11) is 3.18. The van der Waals surface area contributed by atoms with Crippen LogP contribution in [0.2, 0.25) is 5.02 Å². The van der Waals surface area contributed by atoms with Crippen LogP contribution in [0.4, 0.5) is 5.69 Å². The Morgan fingerprint density at radius 2 is 2.27 bits per heavy atom. The van der Waals surface area contributed by atoms with Crippen molar-refractivity contribution in [2.24, 2.45) is 5.92 Å². The van der Waals surface area contributed by atoms with E-state index in [0.717, 1.165) is 19.5 Å². The van der Waals surface area contributed by atoms with Gasteiger partial charge in [0.05, 0.1) is 29.5 Å². The van der Waals surface area contributed by atoms with Gasteiger partial charge in [0.2, 0.25) is 0 Å². The molecule has 2 atom stereocenters. The normalized spacial score (nSPS) is 21.4. The molecule has 1 heterocycles. The van der Waals surface area contributed by atoms with Gasteiger partial charge in [-0.1, -0.05) is 11.6 Å². The molecule has 1 amide bonds. The molecule has 0 spiro atoms. The van der Waals surface area contributed by atoms with Crippen LogP contribution in [-0.2, 0) is 4.74 Å². The van der Waals surface area contributed by atoms with Gasteiger partial charge in [-0.25, -0.2) is 0 Å². The van der Waals surface area contributed by atoms with E-state index in [4.69, 9.17) is 26.8 Å². The van der Waals surface area contributed by atoms with Crippen LogP contribution in [0.1, 0.15) is 16.8 Å². The largest absolute Gasteiger partial charge is 0.496 e. The molecule has 1 aliphatic rings. The molecule has 2 rings (SSSR count). The zero-order valence-electron chi connectivity index (χ0n) is 12.8. The van der Waals surface area contributed by atoms with Gasteiger partial charge in [-0.15, -0.1) is 0 Å². The Labute approximate surface area is 135 Å². The van der Waals surface area contributed by atoms with Crippen molar-refractivity contribution in [1.29, 1.82) is 0 Å². The van der Waals surface area contributed by atoms with Crippen LogP contribution in [0.3, 0.4) is 0 Å². The first kappa shape index (κ1) is 16.9. The molecule has 1 aliphatic heterocycles. The zero-order chi connectivity index (χ0) is 16.1. The first-order valence-electron chi connectivity index (χ1n) is 7.21. The Hall–Kier alpha value is -1.50. The van der Waals surface area contributed by atoms with Gasteiger partial charge in [-0.05, 0) is 19.0 Å². The summed E-state index contributed by atoms with van der Waals surface area (Å²) in [4.78, 5) is 12.4. The van der Waals surface area contributed by atoms with Gasteiger partial charge in [0, 0.05) is 32.2 Å². The van der Waals surface area contributed by atoms with Gasteiger partial charge in [-0.3, -0.25) is 4.79 Å². The van der Waals surface area contributed by atoms with Crippen LogP contribution in [0.5, 0.6) is 5.75 Å². The molecule has 1 saturated heterocycles. The van der Waals surface area contributed by atoms with Crippen LogP contribution in [0.15, 0.2) is 12.1 Å². The molecule has 1 fully saturated rings. The first-order valence-corrected chi connectivity index (χ1v) is 7.59. The lowest BCUT2D eigenvalue weighted by atomic mass is 9.95. The number of nitrogens with two attached hydrogens (primary N) is 1. The minimum absolute atomic E-state index is 0.103. The van der Waals surface area contributed by atoms with Gasteiger partial charge >= 0.3 is 0 Å². The predicted molar refractivity (Wildman–Crippen MR) is 86.5 cm³/mol. The monoisotopic (exact) mass is 327 g/mol. The van der Waals surface area contributed by atoms with Gasteiger partial charge in [-0.2, -0.15) is 0 Å². The molecule has 1 aromatic rings. The average Bonchev–Trinajstić information content (AvgIpc) is 2.54. The highest BCUT2D eigenvalue weighted by molar-refractivity contribution is 6.33. The summed E-state index contributed by atoms with van der Waals surface area (Å²) in [5.74, 6) is 0.464. The zero-order valence-corrected chi connectivity index (χ0v) is 13.6. The van der Waals surface area contributed by atoms with Crippen molar-refractivity contribution in [3.63, 3.8) is 0 Å². The number of rotatable bonds is 5. The maximum atomic E-state index is 12.4. The van der Waals surface area contributed by atoms with Crippen molar-refractivity contribution < 1.29 is 14.3 Å². The third-order valence-electron chi connectivity index (χ3n) is 3.95. The lowest BCUT2D eigenvalue weighted by molar-refractivity contribution is 0.0338. The number of carbonyl (C=O) groups is 1. The lowest BCUT2D eigenvalue weighted by Crippen LogP contribution is -2.46. The molecule has 6 nitrogen and oxygen atoms in total. The van der Waals surface area contributed by atoms with Crippen LogP contribution < -0.4 is 21.1 Å². The number of piperidine rings is 1. The molecular weight excluding hydrogens is 306 g/mol. The van der Waals surface area contributed by atoms with E-state index >= 15 is 0 Å². The maximum absolute atomic E-state index is 12.4. The molecule has 1 aromatic carbocycles. The van der Waals surface area contributed by atoms with E-state index < -0.39 is 0 Å². The topological polar surface area (TPSA) is 85.6 Å². The van der Waals surface area contributed by atoms with Crippen molar-refractivity contribution in [2.45, 2.75) is 12.5 Å². The standard InChI is InChI=1S/C15H22ClN3O3/c1-21-13-6-12(17)11(16)5-10(13)15(20)19-7-9-3-4-18-8-14(9)22-2/h5-6,9,14,18H,3-4,7-8,17H2,1-2H3,(H,19,20). The summed E-state index contributed by atoms with van der Waals surface area (Å²) >= 11 is 5.99. The number of nitrogen functional groups attached to an aromatic ring is 1. The summed E-state index contributed by atoms with van der Waals surface area (Å²) in [5, 5.41) is 6.54. The third-order valence-corrected chi connectivity index (χ3v) is 4.28. The van der Waals surface area contributed by atoms with Gasteiger partial charge in [0.1, 0.15) is 5.75 Å². The van der Waals surface area contributed by atoms with Crippen LogP contribution in [0, 0.1) is 5.92 Å². The van der Waals surface area contributed by atoms with Gasteiger partial charge < -0.3 is 25.8 Å². The minimum Gasteiger partial charge on any atom is -0.496 e. The molecule has 7 heteroatoms. The number of ether oxygens (including phenoxy) is 2. The number of carbonyl (C=O) groups excluding carboxylic acids is 1. The predicted octanol–water partition coefficient (Wildman–Crippen LogP) is 1.29. The van der Waals surface area contributed by atoms with Crippen molar-refractivity contribution in [1.82, 2.24) is 10.6 Å². The van der Waals surface area contributed by atoms with Crippen LogP contribution >= 0.6 is 11.6 Å². The average molecular weight is 328 g/mol. The summed E-state index contributed by atoms with van der Waals surface area (Å²) in [6.45, 7) is 2.27. The Bertz CT molecular complexity index is 539. The molecule has 0 bridgehead atoms. The number of hydrogen-bond donors (Lipinski definition) is 3. The van der Waals surface area contributed by atoms with Crippen molar-refractivity contribution in [2.75, 3.05) is 39.6 Å². The quantitative estimate of drug-likeness (QED) is 0.709. The van der Waals surface area contributed by atoms with E-state index in [0.29, 0.717) is 28.6 Å². The molecular formula is C15H22ClN3O3. The fourth-order valence-electron chi connectivity index (χ4n) is 2.63. The lowest BCUT2D eigenvalue weighted by Gasteiger charge is -2.31. The number of hydrogen-bond acceptors (Lipinski definition) is 5. The number of halogens is 1. The molecule has 0 saturated carbocycles. The Kier molecular flexibility index (Phi) is 5.88. The van der Waals surface area contributed by atoms with Gasteiger partial charge in [0.15, 0.2) is 0 Å². The van der Waals surface area contributed by atoms with E-state index in [1.54, 1.807) is 13.2 Å². The molecule has 0 aromatic heterocycles. The van der Waals surface area contributed by atoms with Crippen LogP contribution in [0.25, 0.3) is 0 Å². The summed E-state index contributed by atoms with van der Waals surface area (Å²) in [6.07, 6.45) is 1.06. The number of anilines is 1. The van der Waals surface area contributed by atoms with Crippen LogP contribution in [-0.4, -0.2) is 45.9 Å².